The molecule has 0 radical (unpaired) electrons. The number of carboxylic acid groups (broad SMARTS) is 1. The van der Waals surface area contributed by atoms with E-state index >= 15 is 0 Å². The molecule has 0 saturated heterocycles. The molecule has 2 unspecified atom stereocenters. The first-order valence-corrected chi connectivity index (χ1v) is 6.73. The van der Waals surface area contributed by atoms with Crippen molar-refractivity contribution in [2.75, 3.05) is 0 Å². The monoisotopic (exact) mass is 305 g/mol. The van der Waals surface area contributed by atoms with Crippen molar-refractivity contribution in [2.24, 2.45) is 5.73 Å². The molecule has 106 valence electrons. The molecule has 0 amide bonds. The lowest BCUT2D eigenvalue weighted by Gasteiger charge is -2.18. The predicted octanol–water partition coefficient (Wildman–Crippen LogP) is 3.13. The van der Waals surface area contributed by atoms with Crippen LogP contribution in [0.3, 0.4) is 0 Å². The van der Waals surface area contributed by atoms with E-state index < -0.39 is 12.1 Å². The number of halogens is 2. The number of hydrogen-bond donors (Lipinski definition) is 2. The fourth-order valence-corrected chi connectivity index (χ4v) is 2.13. The Bertz CT molecular complexity index is 465. The number of aliphatic carboxylic acids is 1. The van der Waals surface area contributed by atoms with E-state index in [4.69, 9.17) is 38.8 Å². The molecule has 0 aliphatic rings. The lowest BCUT2D eigenvalue weighted by Crippen LogP contribution is -2.25. The highest BCUT2D eigenvalue weighted by Crippen LogP contribution is 2.34. The van der Waals surface area contributed by atoms with Gasteiger partial charge in [0.15, 0.2) is 6.10 Å². The number of rotatable bonds is 6. The second-order valence-electron chi connectivity index (χ2n) is 4.35. The van der Waals surface area contributed by atoms with Crippen LogP contribution in [0.5, 0.6) is 5.75 Å². The van der Waals surface area contributed by atoms with Crippen LogP contribution >= 0.6 is 23.2 Å². The van der Waals surface area contributed by atoms with E-state index in [1.807, 2.05) is 6.92 Å². The Labute approximate surface area is 122 Å². The van der Waals surface area contributed by atoms with E-state index in [2.05, 4.69) is 0 Å². The Morgan fingerprint density at radius 3 is 2.63 bits per heavy atom. The van der Waals surface area contributed by atoms with Crippen LogP contribution in [0.2, 0.25) is 10.0 Å². The van der Waals surface area contributed by atoms with Gasteiger partial charge in [-0.3, -0.25) is 0 Å². The predicted molar refractivity (Wildman–Crippen MR) is 76.2 cm³/mol. The fourth-order valence-electron chi connectivity index (χ4n) is 1.55. The minimum Gasteiger partial charge on any atom is -0.479 e. The van der Waals surface area contributed by atoms with Crippen LogP contribution in [0.15, 0.2) is 12.1 Å². The molecular formula is C13H17Cl2NO3. The topological polar surface area (TPSA) is 72.5 Å². The molecule has 1 aromatic carbocycles. The molecule has 0 saturated carbocycles. The molecule has 1 rings (SSSR count). The minimum atomic E-state index is -1.06. The first kappa shape index (κ1) is 16.1. The van der Waals surface area contributed by atoms with Crippen molar-refractivity contribution in [3.05, 3.63) is 27.7 Å². The molecule has 0 bridgehead atoms. The normalized spacial score (nSPS) is 13.9. The summed E-state index contributed by atoms with van der Waals surface area (Å²) in [6, 6.07) is 3.16. The van der Waals surface area contributed by atoms with Gasteiger partial charge in [0.05, 0.1) is 5.02 Å². The third kappa shape index (κ3) is 4.56. The smallest absolute Gasteiger partial charge is 0.344 e. The number of nitrogens with two attached hydrogens (primary N) is 1. The van der Waals surface area contributed by atoms with Gasteiger partial charge < -0.3 is 15.6 Å². The molecule has 1 aromatic rings. The van der Waals surface area contributed by atoms with Gasteiger partial charge in [-0.2, -0.15) is 0 Å². The molecular weight excluding hydrogens is 289 g/mol. The van der Waals surface area contributed by atoms with Crippen molar-refractivity contribution in [1.82, 2.24) is 0 Å². The fraction of sp³-hybridized carbons (Fsp3) is 0.462. The van der Waals surface area contributed by atoms with Crippen LogP contribution in [0.25, 0.3) is 0 Å². The van der Waals surface area contributed by atoms with Crippen molar-refractivity contribution < 1.29 is 14.6 Å². The maximum atomic E-state index is 10.9. The van der Waals surface area contributed by atoms with Crippen LogP contribution < -0.4 is 10.5 Å². The lowest BCUT2D eigenvalue weighted by molar-refractivity contribution is -0.144. The molecule has 2 atom stereocenters. The summed E-state index contributed by atoms with van der Waals surface area (Å²) in [7, 11) is 0. The summed E-state index contributed by atoms with van der Waals surface area (Å²) in [4.78, 5) is 10.9. The Hall–Kier alpha value is -0.970. The minimum absolute atomic E-state index is 0.0583. The number of hydrogen-bond acceptors (Lipinski definition) is 3. The molecule has 0 aliphatic heterocycles. The Kier molecular flexibility index (Phi) is 5.91. The van der Waals surface area contributed by atoms with Crippen molar-refractivity contribution in [1.29, 1.82) is 0 Å². The van der Waals surface area contributed by atoms with E-state index in [9.17, 15) is 4.79 Å². The summed E-state index contributed by atoms with van der Waals surface area (Å²) in [6.45, 7) is 3.41. The van der Waals surface area contributed by atoms with Gasteiger partial charge in [0, 0.05) is 11.1 Å². The summed E-state index contributed by atoms with van der Waals surface area (Å²) >= 11 is 12.0. The van der Waals surface area contributed by atoms with Gasteiger partial charge in [0.2, 0.25) is 0 Å². The third-order valence-corrected chi connectivity index (χ3v) is 3.23. The molecule has 0 spiro atoms. The number of carboxylic acids is 1. The summed E-state index contributed by atoms with van der Waals surface area (Å²) in [5, 5.41) is 9.65. The number of carbonyl (C=O) groups is 1. The standard InChI is InChI=1S/C13H17Cl2NO3/c1-3-10(16)5-8-4-9(14)6-11(15)12(8)19-7(2)13(17)18/h4,6-7,10H,3,5,16H2,1-2H3,(H,17,18). The summed E-state index contributed by atoms with van der Waals surface area (Å²) in [5.41, 5.74) is 6.63. The van der Waals surface area contributed by atoms with Crippen LogP contribution in [-0.4, -0.2) is 23.2 Å². The molecule has 3 N–H and O–H groups in total. The first-order chi connectivity index (χ1) is 8.85. The molecule has 0 aromatic heterocycles. The van der Waals surface area contributed by atoms with E-state index in [0.717, 1.165) is 12.0 Å². The molecule has 0 fully saturated rings. The van der Waals surface area contributed by atoms with Crippen molar-refractivity contribution in [3.8, 4) is 5.75 Å². The zero-order chi connectivity index (χ0) is 14.6. The number of benzene rings is 1. The average Bonchev–Trinajstić information content (AvgIpc) is 2.32. The Balaban J connectivity index is 3.09. The second-order valence-corrected chi connectivity index (χ2v) is 5.19. The maximum absolute atomic E-state index is 10.9. The number of ether oxygens (including phenoxy) is 1. The largest absolute Gasteiger partial charge is 0.479 e. The Morgan fingerprint density at radius 2 is 2.11 bits per heavy atom. The van der Waals surface area contributed by atoms with Crippen LogP contribution in [-0.2, 0) is 11.2 Å². The second kappa shape index (κ2) is 6.98. The molecule has 19 heavy (non-hydrogen) atoms. The van der Waals surface area contributed by atoms with E-state index in [1.165, 1.54) is 13.0 Å². The average molecular weight is 306 g/mol. The first-order valence-electron chi connectivity index (χ1n) is 5.98. The van der Waals surface area contributed by atoms with Crippen molar-refractivity contribution in [2.45, 2.75) is 38.8 Å². The van der Waals surface area contributed by atoms with Gasteiger partial charge in [0.25, 0.3) is 0 Å². The molecule has 6 heteroatoms. The summed E-state index contributed by atoms with van der Waals surface area (Å²) in [5.74, 6) is -0.721. The SMILES string of the molecule is CCC(N)Cc1cc(Cl)cc(Cl)c1OC(C)C(=O)O. The van der Waals surface area contributed by atoms with Crippen molar-refractivity contribution >= 4 is 29.2 Å². The van der Waals surface area contributed by atoms with Gasteiger partial charge >= 0.3 is 5.97 Å². The van der Waals surface area contributed by atoms with Gasteiger partial charge in [-0.25, -0.2) is 4.79 Å². The van der Waals surface area contributed by atoms with Crippen molar-refractivity contribution in [3.63, 3.8) is 0 Å². The highest BCUT2D eigenvalue weighted by atomic mass is 35.5. The van der Waals surface area contributed by atoms with Gasteiger partial charge in [0.1, 0.15) is 5.75 Å². The summed E-state index contributed by atoms with van der Waals surface area (Å²) < 4.78 is 5.39. The van der Waals surface area contributed by atoms with Gasteiger partial charge in [-0.1, -0.05) is 30.1 Å². The van der Waals surface area contributed by atoms with Gasteiger partial charge in [-0.05, 0) is 37.5 Å². The lowest BCUT2D eigenvalue weighted by atomic mass is 10.0. The quantitative estimate of drug-likeness (QED) is 0.847. The molecule has 0 heterocycles. The maximum Gasteiger partial charge on any atom is 0.344 e. The summed E-state index contributed by atoms with van der Waals surface area (Å²) in [6.07, 6.45) is 0.325. The van der Waals surface area contributed by atoms with Crippen LogP contribution in [0.1, 0.15) is 25.8 Å². The zero-order valence-corrected chi connectivity index (χ0v) is 12.3. The van der Waals surface area contributed by atoms with Crippen LogP contribution in [0.4, 0.5) is 0 Å². The third-order valence-electron chi connectivity index (χ3n) is 2.73. The van der Waals surface area contributed by atoms with Gasteiger partial charge in [-0.15, -0.1) is 0 Å². The van der Waals surface area contributed by atoms with E-state index in [0.29, 0.717) is 22.2 Å². The Morgan fingerprint density at radius 1 is 1.47 bits per heavy atom. The highest BCUT2D eigenvalue weighted by molar-refractivity contribution is 6.35. The van der Waals surface area contributed by atoms with E-state index in [-0.39, 0.29) is 6.04 Å². The van der Waals surface area contributed by atoms with E-state index in [1.54, 1.807) is 6.07 Å². The van der Waals surface area contributed by atoms with Crippen LogP contribution in [0, 0.1) is 0 Å². The highest BCUT2D eigenvalue weighted by Gasteiger charge is 2.19. The molecule has 4 nitrogen and oxygen atoms in total. The molecule has 0 aliphatic carbocycles. The zero-order valence-electron chi connectivity index (χ0n) is 10.8.